The van der Waals surface area contributed by atoms with E-state index in [-0.39, 0.29) is 27.9 Å². The molecule has 0 radical (unpaired) electrons. The van der Waals surface area contributed by atoms with Gasteiger partial charge in [0.05, 0.1) is 29.6 Å². The van der Waals surface area contributed by atoms with Gasteiger partial charge in [-0.25, -0.2) is 0 Å². The number of amidine groups is 1. The average molecular weight is 576 g/mol. The Morgan fingerprint density at radius 3 is 2.52 bits per heavy atom. The number of hydrogen-bond donors (Lipinski definition) is 2. The van der Waals surface area contributed by atoms with Crippen molar-refractivity contribution < 1.29 is 14.3 Å². The lowest BCUT2D eigenvalue weighted by Crippen LogP contribution is -2.63. The third kappa shape index (κ3) is 4.70. The topological polar surface area (TPSA) is 79.8 Å². The Kier molecular flexibility index (Phi) is 7.33. The van der Waals surface area contributed by atoms with Crippen LogP contribution in [0, 0.1) is 46.3 Å². The quantitative estimate of drug-likeness (QED) is 0.357. The van der Waals surface area contributed by atoms with Crippen LogP contribution in [0.3, 0.4) is 0 Å². The van der Waals surface area contributed by atoms with Gasteiger partial charge in [-0.1, -0.05) is 32.9 Å². The molecule has 6 heteroatoms. The van der Waals surface area contributed by atoms with E-state index in [1.807, 2.05) is 0 Å². The normalized spacial score (nSPS) is 40.7. The number of ketones is 1. The van der Waals surface area contributed by atoms with Gasteiger partial charge >= 0.3 is 5.97 Å². The van der Waals surface area contributed by atoms with Crippen molar-refractivity contribution in [2.24, 2.45) is 51.3 Å². The van der Waals surface area contributed by atoms with E-state index in [0.29, 0.717) is 47.7 Å². The van der Waals surface area contributed by atoms with Crippen molar-refractivity contribution in [1.82, 2.24) is 0 Å². The lowest BCUT2D eigenvalue weighted by Gasteiger charge is -2.62. The molecule has 6 rings (SSSR count). The molecule has 5 aliphatic rings. The molecule has 1 aromatic rings. The van der Waals surface area contributed by atoms with Gasteiger partial charge < -0.3 is 15.4 Å². The number of nitrogens with zero attached hydrogens (tertiary/aromatic N) is 1. The monoisotopic (exact) mass is 575 g/mol. The number of fused-ring (bicyclic) bond motifs is 6. The molecule has 42 heavy (non-hydrogen) atoms. The lowest BCUT2D eigenvalue weighted by molar-refractivity contribution is -0.158. The number of aliphatic imine (C=N–C) groups is 1. The second kappa shape index (κ2) is 10.4. The third-order valence-electron chi connectivity index (χ3n) is 12.9. The molecule has 1 aliphatic heterocycles. The Morgan fingerprint density at radius 2 is 1.81 bits per heavy atom. The van der Waals surface area contributed by atoms with Crippen LogP contribution < -0.4 is 10.6 Å². The van der Waals surface area contributed by atoms with Crippen molar-refractivity contribution in [3.05, 3.63) is 24.3 Å². The molecule has 230 valence electrons. The number of rotatable bonds is 4. The number of para-hydroxylation sites is 2. The maximum atomic E-state index is 14.3. The Bertz CT molecular complexity index is 1270. The fourth-order valence-corrected chi connectivity index (χ4v) is 10.6. The number of nitrogens with one attached hydrogen (secondary N) is 2. The summed E-state index contributed by atoms with van der Waals surface area (Å²) in [4.78, 5) is 31.4. The Morgan fingerprint density at radius 1 is 1.07 bits per heavy atom. The molecule has 4 saturated carbocycles. The fourth-order valence-electron chi connectivity index (χ4n) is 10.6. The molecular weight excluding hydrogens is 522 g/mol. The van der Waals surface area contributed by atoms with E-state index in [1.165, 1.54) is 25.6 Å². The van der Waals surface area contributed by atoms with E-state index in [0.717, 1.165) is 56.5 Å². The molecular formula is C36H53N3O3. The highest BCUT2D eigenvalue weighted by Gasteiger charge is 2.65. The van der Waals surface area contributed by atoms with Crippen LogP contribution >= 0.6 is 0 Å². The number of benzene rings is 1. The van der Waals surface area contributed by atoms with Crippen molar-refractivity contribution in [3.63, 3.8) is 0 Å². The van der Waals surface area contributed by atoms with E-state index < -0.39 is 0 Å². The van der Waals surface area contributed by atoms with Crippen LogP contribution in [0.4, 0.5) is 11.4 Å². The van der Waals surface area contributed by atoms with E-state index in [9.17, 15) is 9.59 Å². The summed E-state index contributed by atoms with van der Waals surface area (Å²) >= 11 is 0. The fraction of sp³-hybridized carbons (Fsp3) is 0.750. The second-order valence-electron chi connectivity index (χ2n) is 16.1. The Labute approximate surface area is 253 Å². The minimum atomic E-state index is -0.249. The van der Waals surface area contributed by atoms with Gasteiger partial charge in [-0.05, 0) is 125 Å². The van der Waals surface area contributed by atoms with Crippen molar-refractivity contribution >= 4 is 29.0 Å². The van der Waals surface area contributed by atoms with Gasteiger partial charge in [-0.3, -0.25) is 14.6 Å². The summed E-state index contributed by atoms with van der Waals surface area (Å²) in [7, 11) is 1.46. The third-order valence-corrected chi connectivity index (χ3v) is 12.9. The molecule has 2 N–H and O–H groups in total. The van der Waals surface area contributed by atoms with Crippen molar-refractivity contribution in [2.75, 3.05) is 17.7 Å². The summed E-state index contributed by atoms with van der Waals surface area (Å²) in [6, 6.07) is 8.52. The van der Waals surface area contributed by atoms with Crippen LogP contribution in [0.15, 0.2) is 29.3 Å². The highest BCUT2D eigenvalue weighted by molar-refractivity contribution is 6.09. The standard InChI is InChI=1S/C36H53N3O3/c1-22(12-17-31(41)42-7)25-15-16-26-24-14-13-23-21-36(19-18-34(23,5)27(24)20-30(40)35(25,26)6)32(39-33(2,3)4)37-28-10-8-9-11-29(28)38-36/h8-11,22-27,38H,12-21H2,1-7H3,(H,37,39)/t22-,23+,24-,25+,26-,27-,34-,35+,36?/m0/s1. The maximum Gasteiger partial charge on any atom is 0.305 e. The van der Waals surface area contributed by atoms with Crippen LogP contribution in [0.25, 0.3) is 0 Å². The number of methoxy groups -OCH3 is 1. The van der Waals surface area contributed by atoms with Crippen LogP contribution in [0.2, 0.25) is 0 Å². The van der Waals surface area contributed by atoms with Gasteiger partial charge in [0.25, 0.3) is 0 Å². The number of esters is 1. The van der Waals surface area contributed by atoms with Crippen LogP contribution in [-0.4, -0.2) is 35.8 Å². The van der Waals surface area contributed by atoms with Crippen LogP contribution in [0.1, 0.15) is 106 Å². The van der Waals surface area contributed by atoms with Crippen molar-refractivity contribution in [3.8, 4) is 0 Å². The molecule has 0 amide bonds. The number of hydrogen-bond acceptors (Lipinski definition) is 5. The molecule has 1 spiro atoms. The molecule has 0 saturated heterocycles. The smallest absolute Gasteiger partial charge is 0.305 e. The zero-order chi connectivity index (χ0) is 30.1. The van der Waals surface area contributed by atoms with E-state index in [2.05, 4.69) is 76.4 Å². The zero-order valence-corrected chi connectivity index (χ0v) is 27.0. The molecule has 6 nitrogen and oxygen atoms in total. The first-order valence-electron chi connectivity index (χ1n) is 16.7. The SMILES string of the molecule is COC(=O)CC[C@H](C)[C@H]1CC[C@H]2[C@@H]3CC[C@@H]4CC5(CC[C@]4(C)[C@H]3CC(=O)[C@]12C)Nc1ccccc1NC5=NC(C)(C)C. The summed E-state index contributed by atoms with van der Waals surface area (Å²) in [5.41, 5.74) is 1.84. The molecule has 1 unspecified atom stereocenters. The second-order valence-corrected chi connectivity index (χ2v) is 16.1. The molecule has 4 fully saturated rings. The summed E-state index contributed by atoms with van der Waals surface area (Å²) in [6.45, 7) is 13.7. The zero-order valence-electron chi connectivity index (χ0n) is 27.0. The number of ether oxygens (including phenoxy) is 1. The summed E-state index contributed by atoms with van der Waals surface area (Å²) in [6.07, 6.45) is 9.94. The van der Waals surface area contributed by atoms with Gasteiger partial charge in [0, 0.05) is 18.3 Å². The first-order valence-corrected chi connectivity index (χ1v) is 16.7. The summed E-state index contributed by atoms with van der Waals surface area (Å²) < 4.78 is 4.92. The van der Waals surface area contributed by atoms with E-state index >= 15 is 0 Å². The maximum absolute atomic E-state index is 14.3. The summed E-state index contributed by atoms with van der Waals surface area (Å²) in [5, 5.41) is 7.77. The van der Waals surface area contributed by atoms with E-state index in [4.69, 9.17) is 9.73 Å². The minimum absolute atomic E-state index is 0.139. The molecule has 4 aliphatic carbocycles. The van der Waals surface area contributed by atoms with Gasteiger partial charge in [0.15, 0.2) is 0 Å². The minimum Gasteiger partial charge on any atom is -0.469 e. The first kappa shape index (κ1) is 29.7. The van der Waals surface area contributed by atoms with Crippen molar-refractivity contribution in [1.29, 1.82) is 0 Å². The van der Waals surface area contributed by atoms with Gasteiger partial charge in [0.1, 0.15) is 11.6 Å². The Hall–Kier alpha value is -2.37. The molecule has 0 bridgehead atoms. The molecule has 1 heterocycles. The van der Waals surface area contributed by atoms with Crippen molar-refractivity contribution in [2.45, 2.75) is 117 Å². The van der Waals surface area contributed by atoms with Gasteiger partial charge in [-0.2, -0.15) is 0 Å². The predicted molar refractivity (Wildman–Crippen MR) is 170 cm³/mol. The largest absolute Gasteiger partial charge is 0.469 e. The lowest BCUT2D eigenvalue weighted by atomic mass is 9.43. The van der Waals surface area contributed by atoms with Gasteiger partial charge in [-0.15, -0.1) is 0 Å². The van der Waals surface area contributed by atoms with Crippen LogP contribution in [0.5, 0.6) is 0 Å². The van der Waals surface area contributed by atoms with Crippen LogP contribution in [-0.2, 0) is 14.3 Å². The van der Waals surface area contributed by atoms with Gasteiger partial charge in [0.2, 0.25) is 0 Å². The number of anilines is 2. The average Bonchev–Trinajstić information content (AvgIpc) is 3.31. The highest BCUT2D eigenvalue weighted by atomic mass is 16.5. The molecule has 0 aromatic heterocycles. The highest BCUT2D eigenvalue weighted by Crippen LogP contribution is 2.68. The Balaban J connectivity index is 1.25. The molecule has 1 aromatic carbocycles. The first-order chi connectivity index (χ1) is 19.8. The van der Waals surface area contributed by atoms with E-state index in [1.54, 1.807) is 0 Å². The summed E-state index contributed by atoms with van der Waals surface area (Å²) in [5.74, 6) is 4.31. The molecule has 9 atom stereocenters. The number of carbonyl (C=O) groups is 2. The predicted octanol–water partition coefficient (Wildman–Crippen LogP) is 7.89. The number of Topliss-reactive ketones (excluding diaryl/α,β-unsaturated/α-hetero) is 1. The number of carbonyl (C=O) groups excluding carboxylic acids is 2.